The van der Waals surface area contributed by atoms with Crippen molar-refractivity contribution in [2.45, 2.75) is 24.8 Å². The second-order valence-electron chi connectivity index (χ2n) is 4.50. The van der Waals surface area contributed by atoms with Gasteiger partial charge in [-0.05, 0) is 30.7 Å². The number of benzene rings is 1. The van der Waals surface area contributed by atoms with E-state index in [-0.39, 0.29) is 12.8 Å². The minimum Gasteiger partial charge on any atom is -0.325 e. The van der Waals surface area contributed by atoms with E-state index in [1.54, 1.807) is 0 Å². The molecule has 2 atom stereocenters. The minimum absolute atomic E-state index is 0.0416. The summed E-state index contributed by atoms with van der Waals surface area (Å²) in [6, 6.07) is 4.16. The third-order valence-electron chi connectivity index (χ3n) is 2.94. The number of nitrogens with one attached hydrogen (secondary N) is 1. The summed E-state index contributed by atoms with van der Waals surface area (Å²) in [7, 11) is 0. The number of rotatable bonds is 4. The Hall–Kier alpha value is -1.56. The van der Waals surface area contributed by atoms with E-state index in [9.17, 15) is 18.0 Å². The number of carbonyl (C=O) groups excluding carboxylic acids is 1. The van der Waals surface area contributed by atoms with Crippen molar-refractivity contribution in [2.24, 2.45) is 11.7 Å². The van der Waals surface area contributed by atoms with Crippen LogP contribution in [0.15, 0.2) is 24.3 Å². The first kappa shape index (κ1) is 12.9. The monoisotopic (exact) mass is 258 g/mol. The summed E-state index contributed by atoms with van der Waals surface area (Å²) in [6.45, 7) is 0. The molecule has 18 heavy (non-hydrogen) atoms. The topological polar surface area (TPSA) is 55.1 Å². The van der Waals surface area contributed by atoms with Gasteiger partial charge in [0.05, 0.1) is 6.04 Å². The van der Waals surface area contributed by atoms with Crippen molar-refractivity contribution >= 4 is 11.6 Å². The maximum absolute atomic E-state index is 12.7. The van der Waals surface area contributed by atoms with Gasteiger partial charge in [0.25, 0.3) is 5.92 Å². The molecule has 1 aliphatic carbocycles. The average molecular weight is 258 g/mol. The van der Waals surface area contributed by atoms with Crippen LogP contribution in [0.3, 0.4) is 0 Å². The van der Waals surface area contributed by atoms with Gasteiger partial charge in [-0.2, -0.15) is 0 Å². The molecule has 0 radical (unpaired) electrons. The molecule has 2 rings (SSSR count). The highest BCUT2D eigenvalue weighted by atomic mass is 19.3. The van der Waals surface area contributed by atoms with Gasteiger partial charge >= 0.3 is 0 Å². The molecule has 1 aromatic carbocycles. The van der Waals surface area contributed by atoms with Gasteiger partial charge in [0.1, 0.15) is 5.82 Å². The quantitative estimate of drug-likeness (QED) is 0.869. The van der Waals surface area contributed by atoms with E-state index in [2.05, 4.69) is 5.32 Å². The van der Waals surface area contributed by atoms with Crippen molar-refractivity contribution in [3.8, 4) is 0 Å². The molecule has 1 fully saturated rings. The van der Waals surface area contributed by atoms with Crippen molar-refractivity contribution in [3.05, 3.63) is 30.1 Å². The normalized spacial score (nSPS) is 22.3. The lowest BCUT2D eigenvalue weighted by atomic mass is 10.1. The van der Waals surface area contributed by atoms with Crippen LogP contribution < -0.4 is 11.1 Å². The number of alkyl halides is 2. The Bertz CT molecular complexity index is 447. The average Bonchev–Trinajstić information content (AvgIpc) is 2.89. The van der Waals surface area contributed by atoms with Crippen molar-refractivity contribution in [1.29, 1.82) is 0 Å². The Kier molecular flexibility index (Phi) is 3.30. The summed E-state index contributed by atoms with van der Waals surface area (Å²) in [5.74, 6) is -4.43. The van der Waals surface area contributed by atoms with Crippen molar-refractivity contribution < 1.29 is 18.0 Å². The molecule has 98 valence electrons. The predicted octanol–water partition coefficient (Wildman–Crippen LogP) is 2.14. The predicted molar refractivity (Wildman–Crippen MR) is 60.7 cm³/mol. The van der Waals surface area contributed by atoms with Gasteiger partial charge in [-0.1, -0.05) is 0 Å². The largest absolute Gasteiger partial charge is 0.325 e. The summed E-state index contributed by atoms with van der Waals surface area (Å²) in [5, 5.41) is 2.45. The summed E-state index contributed by atoms with van der Waals surface area (Å²) in [4.78, 5) is 11.6. The highest BCUT2D eigenvalue weighted by Gasteiger charge is 2.57. The summed E-state index contributed by atoms with van der Waals surface area (Å²) < 4.78 is 38.0. The van der Waals surface area contributed by atoms with E-state index in [1.807, 2.05) is 0 Å². The van der Waals surface area contributed by atoms with Crippen LogP contribution >= 0.6 is 0 Å². The molecule has 0 spiro atoms. The Morgan fingerprint density at radius 2 is 2.00 bits per heavy atom. The first-order valence-corrected chi connectivity index (χ1v) is 5.58. The summed E-state index contributed by atoms with van der Waals surface area (Å²) in [6.07, 6.45) is -0.245. The van der Waals surface area contributed by atoms with Crippen LogP contribution in [0.1, 0.15) is 12.8 Å². The third-order valence-corrected chi connectivity index (χ3v) is 2.94. The van der Waals surface area contributed by atoms with Crippen molar-refractivity contribution in [1.82, 2.24) is 0 Å². The fourth-order valence-corrected chi connectivity index (χ4v) is 1.71. The van der Waals surface area contributed by atoms with Crippen molar-refractivity contribution in [2.75, 3.05) is 5.32 Å². The SMILES string of the molecule is N[C@@H](CC1CC1(F)F)C(=O)Nc1ccc(F)cc1. The lowest BCUT2D eigenvalue weighted by Crippen LogP contribution is -2.36. The van der Waals surface area contributed by atoms with Crippen LogP contribution in [-0.2, 0) is 4.79 Å². The molecule has 6 heteroatoms. The molecule has 0 aliphatic heterocycles. The van der Waals surface area contributed by atoms with E-state index in [1.165, 1.54) is 24.3 Å². The van der Waals surface area contributed by atoms with Crippen molar-refractivity contribution in [3.63, 3.8) is 0 Å². The standard InChI is InChI=1S/C12H13F3N2O/c13-8-1-3-9(4-2-8)17-11(18)10(16)5-7-6-12(7,14)15/h1-4,7,10H,5-6,16H2,(H,17,18)/t7?,10-/m0/s1. The second-order valence-corrected chi connectivity index (χ2v) is 4.50. The van der Waals surface area contributed by atoms with Gasteiger partial charge in [0.2, 0.25) is 5.91 Å². The minimum atomic E-state index is -2.67. The first-order chi connectivity index (χ1) is 8.38. The second kappa shape index (κ2) is 4.61. The van der Waals surface area contributed by atoms with Crippen LogP contribution in [0, 0.1) is 11.7 Å². The lowest BCUT2D eigenvalue weighted by Gasteiger charge is -2.11. The number of hydrogen-bond acceptors (Lipinski definition) is 2. The van der Waals surface area contributed by atoms with E-state index >= 15 is 0 Å². The Morgan fingerprint density at radius 3 is 2.50 bits per heavy atom. The van der Waals surface area contributed by atoms with Crippen LogP contribution in [0.2, 0.25) is 0 Å². The molecule has 1 amide bonds. The number of nitrogens with two attached hydrogens (primary N) is 1. The molecule has 3 N–H and O–H groups in total. The number of halogens is 3. The van der Waals surface area contributed by atoms with E-state index in [0.29, 0.717) is 5.69 Å². The molecular formula is C12H13F3N2O. The maximum atomic E-state index is 12.7. The van der Waals surface area contributed by atoms with Crippen LogP contribution in [0.25, 0.3) is 0 Å². The van der Waals surface area contributed by atoms with Crippen LogP contribution in [0.5, 0.6) is 0 Å². The number of carbonyl (C=O) groups is 1. The van der Waals surface area contributed by atoms with E-state index in [4.69, 9.17) is 5.73 Å². The lowest BCUT2D eigenvalue weighted by molar-refractivity contribution is -0.117. The smallest absolute Gasteiger partial charge is 0.251 e. The van der Waals surface area contributed by atoms with Gasteiger partial charge in [-0.3, -0.25) is 4.79 Å². The maximum Gasteiger partial charge on any atom is 0.251 e. The summed E-state index contributed by atoms with van der Waals surface area (Å²) in [5.41, 5.74) is 5.93. The highest BCUT2D eigenvalue weighted by Crippen LogP contribution is 2.50. The molecule has 1 aromatic rings. The Labute approximate surface area is 102 Å². The van der Waals surface area contributed by atoms with Gasteiger partial charge in [-0.15, -0.1) is 0 Å². The third kappa shape index (κ3) is 3.01. The fourth-order valence-electron chi connectivity index (χ4n) is 1.71. The Morgan fingerprint density at radius 1 is 1.44 bits per heavy atom. The van der Waals surface area contributed by atoms with E-state index < -0.39 is 29.6 Å². The van der Waals surface area contributed by atoms with Crippen LogP contribution in [0.4, 0.5) is 18.9 Å². The van der Waals surface area contributed by atoms with Gasteiger partial charge < -0.3 is 11.1 Å². The zero-order valence-corrected chi connectivity index (χ0v) is 9.50. The zero-order valence-electron chi connectivity index (χ0n) is 9.50. The fraction of sp³-hybridized carbons (Fsp3) is 0.417. The number of anilines is 1. The molecule has 1 saturated carbocycles. The van der Waals surface area contributed by atoms with Gasteiger partial charge in [-0.25, -0.2) is 13.2 Å². The van der Waals surface area contributed by atoms with Gasteiger partial charge in [0.15, 0.2) is 0 Å². The molecule has 1 aliphatic rings. The molecular weight excluding hydrogens is 245 g/mol. The molecule has 0 bridgehead atoms. The van der Waals surface area contributed by atoms with Crippen LogP contribution in [-0.4, -0.2) is 17.9 Å². The summed E-state index contributed by atoms with van der Waals surface area (Å²) >= 11 is 0. The molecule has 3 nitrogen and oxygen atoms in total. The molecule has 1 unspecified atom stereocenters. The number of hydrogen-bond donors (Lipinski definition) is 2. The van der Waals surface area contributed by atoms with E-state index in [0.717, 1.165) is 0 Å². The highest BCUT2D eigenvalue weighted by molar-refractivity contribution is 5.94. The zero-order chi connectivity index (χ0) is 13.3. The van der Waals surface area contributed by atoms with Gasteiger partial charge in [0, 0.05) is 18.0 Å². The Balaban J connectivity index is 1.86. The number of amides is 1. The molecule has 0 heterocycles. The first-order valence-electron chi connectivity index (χ1n) is 5.58. The molecule has 0 saturated heterocycles. The molecule has 0 aromatic heterocycles.